The maximum absolute atomic E-state index is 12.5. The van der Waals surface area contributed by atoms with Gasteiger partial charge in [0.05, 0.1) is 12.5 Å². The van der Waals surface area contributed by atoms with Crippen LogP contribution in [0.4, 0.5) is 0 Å². The van der Waals surface area contributed by atoms with Gasteiger partial charge in [-0.05, 0) is 25.8 Å². The van der Waals surface area contributed by atoms with Crippen LogP contribution in [-0.4, -0.2) is 82.2 Å². The molecule has 14 heteroatoms. The molecule has 4 atom stereocenters. The first kappa shape index (κ1) is 26.2. The predicted octanol–water partition coefficient (Wildman–Crippen LogP) is -3.05. The van der Waals surface area contributed by atoms with Crippen molar-refractivity contribution in [3.8, 4) is 0 Å². The Balaban J connectivity index is 2.81. The summed E-state index contributed by atoms with van der Waals surface area (Å²) in [7, 11) is 0. The Kier molecular flexibility index (Phi) is 10.8. The molecule has 8 N–H and O–H groups in total. The molecule has 1 rings (SSSR count). The van der Waals surface area contributed by atoms with Crippen LogP contribution in [0.1, 0.15) is 32.1 Å². The SMILES string of the molecule is NC(=O)CC(NC(=O)C(CS)NC(=O)C1CCCN1)C(=O)NC(CCC(=O)O)C(=O)O. The van der Waals surface area contributed by atoms with Gasteiger partial charge < -0.3 is 37.2 Å². The number of hydrogen-bond acceptors (Lipinski definition) is 8. The van der Waals surface area contributed by atoms with Crippen LogP contribution in [0.25, 0.3) is 0 Å². The number of hydrogen-bond donors (Lipinski definition) is 8. The normalized spacial score (nSPS) is 18.3. The van der Waals surface area contributed by atoms with Gasteiger partial charge in [0.1, 0.15) is 18.1 Å². The molecule has 0 bridgehead atoms. The second-order valence-corrected chi connectivity index (χ2v) is 7.32. The fraction of sp³-hybridized carbons (Fsp3) is 0.647. The number of nitrogens with two attached hydrogens (primary N) is 1. The lowest BCUT2D eigenvalue weighted by Crippen LogP contribution is -2.58. The van der Waals surface area contributed by atoms with E-state index in [1.165, 1.54) is 0 Å². The standard InChI is InChI=1S/C17H27N5O8S/c18-12(23)6-10(15(27)20-9(17(29)30)3-4-13(24)25)21-16(28)11(7-31)22-14(26)8-2-1-5-19-8/h8-11,19,31H,1-7H2,(H2,18,23)(H,20,27)(H,21,28)(H,22,26)(H,24,25)(H,29,30). The molecule has 0 aliphatic carbocycles. The number of carboxylic acids is 2. The minimum Gasteiger partial charge on any atom is -0.481 e. The molecule has 1 heterocycles. The van der Waals surface area contributed by atoms with Gasteiger partial charge in [-0.1, -0.05) is 0 Å². The van der Waals surface area contributed by atoms with Crippen molar-refractivity contribution in [2.24, 2.45) is 5.73 Å². The van der Waals surface area contributed by atoms with Crippen LogP contribution in [0.5, 0.6) is 0 Å². The maximum Gasteiger partial charge on any atom is 0.326 e. The number of rotatable bonds is 13. The summed E-state index contributed by atoms with van der Waals surface area (Å²) < 4.78 is 0. The number of carbonyl (C=O) groups excluding carboxylic acids is 4. The fourth-order valence-corrected chi connectivity index (χ4v) is 3.11. The summed E-state index contributed by atoms with van der Waals surface area (Å²) in [5.41, 5.74) is 5.11. The number of amides is 4. The molecule has 31 heavy (non-hydrogen) atoms. The van der Waals surface area contributed by atoms with E-state index in [0.717, 1.165) is 6.42 Å². The molecular formula is C17H27N5O8S. The first-order valence-corrected chi connectivity index (χ1v) is 10.2. The summed E-state index contributed by atoms with van der Waals surface area (Å²) >= 11 is 4.02. The van der Waals surface area contributed by atoms with Gasteiger partial charge in [-0.2, -0.15) is 12.6 Å². The number of primary amides is 1. The van der Waals surface area contributed by atoms with E-state index < -0.39 is 79.0 Å². The third-order valence-electron chi connectivity index (χ3n) is 4.49. The Labute approximate surface area is 183 Å². The topological polar surface area (TPSA) is 217 Å². The van der Waals surface area contributed by atoms with Crippen LogP contribution < -0.4 is 27.0 Å². The van der Waals surface area contributed by atoms with E-state index in [-0.39, 0.29) is 5.75 Å². The average Bonchev–Trinajstić information content (AvgIpc) is 3.22. The molecule has 1 saturated heterocycles. The Morgan fingerprint density at radius 3 is 2.10 bits per heavy atom. The van der Waals surface area contributed by atoms with Crippen molar-refractivity contribution in [2.45, 2.75) is 56.3 Å². The van der Waals surface area contributed by atoms with Crippen LogP contribution in [0.3, 0.4) is 0 Å². The molecule has 0 saturated carbocycles. The number of nitrogens with one attached hydrogen (secondary N) is 4. The molecule has 0 radical (unpaired) electrons. The van der Waals surface area contributed by atoms with Crippen molar-refractivity contribution in [2.75, 3.05) is 12.3 Å². The average molecular weight is 461 g/mol. The van der Waals surface area contributed by atoms with Gasteiger partial charge in [0.25, 0.3) is 0 Å². The van der Waals surface area contributed by atoms with Crippen LogP contribution in [0, 0.1) is 0 Å². The van der Waals surface area contributed by atoms with Crippen molar-refractivity contribution >= 4 is 48.2 Å². The minimum absolute atomic E-state index is 0.106. The Morgan fingerprint density at radius 1 is 1.00 bits per heavy atom. The van der Waals surface area contributed by atoms with Gasteiger partial charge in [0.2, 0.25) is 23.6 Å². The lowest BCUT2D eigenvalue weighted by Gasteiger charge is -2.24. The molecule has 174 valence electrons. The summed E-state index contributed by atoms with van der Waals surface area (Å²) in [6.07, 6.45) is -0.152. The van der Waals surface area contributed by atoms with E-state index in [1.807, 2.05) is 0 Å². The second-order valence-electron chi connectivity index (χ2n) is 6.96. The Hall–Kier alpha value is -2.87. The molecule has 0 aromatic rings. The highest BCUT2D eigenvalue weighted by Gasteiger charge is 2.31. The molecule has 0 aromatic heterocycles. The molecule has 1 fully saturated rings. The summed E-state index contributed by atoms with van der Waals surface area (Å²) in [6.45, 7) is 0.670. The van der Waals surface area contributed by atoms with E-state index in [0.29, 0.717) is 13.0 Å². The molecule has 13 nitrogen and oxygen atoms in total. The van der Waals surface area contributed by atoms with Gasteiger partial charge >= 0.3 is 11.9 Å². The summed E-state index contributed by atoms with van der Waals surface area (Å²) in [6, 6.07) is -4.65. The zero-order valence-electron chi connectivity index (χ0n) is 16.6. The summed E-state index contributed by atoms with van der Waals surface area (Å²) in [5, 5.41) is 27.7. The number of aliphatic carboxylic acids is 2. The zero-order chi connectivity index (χ0) is 23.6. The lowest BCUT2D eigenvalue weighted by atomic mass is 10.1. The van der Waals surface area contributed by atoms with Crippen molar-refractivity contribution in [1.82, 2.24) is 21.3 Å². The van der Waals surface area contributed by atoms with E-state index in [2.05, 4.69) is 33.9 Å². The van der Waals surface area contributed by atoms with Crippen LogP contribution in [-0.2, 0) is 28.8 Å². The van der Waals surface area contributed by atoms with Crippen molar-refractivity contribution in [3.05, 3.63) is 0 Å². The number of thiol groups is 1. The molecule has 0 spiro atoms. The number of carboxylic acid groups (broad SMARTS) is 2. The largest absolute Gasteiger partial charge is 0.481 e. The number of carbonyl (C=O) groups is 6. The third kappa shape index (κ3) is 9.21. The van der Waals surface area contributed by atoms with E-state index in [9.17, 15) is 28.8 Å². The molecule has 1 aliphatic rings. The second kappa shape index (κ2) is 12.7. The van der Waals surface area contributed by atoms with Gasteiger partial charge in [-0.3, -0.25) is 24.0 Å². The van der Waals surface area contributed by atoms with Crippen molar-refractivity contribution < 1.29 is 39.0 Å². The molecule has 4 unspecified atom stereocenters. The molecular weight excluding hydrogens is 434 g/mol. The van der Waals surface area contributed by atoms with Gasteiger partial charge in [0.15, 0.2) is 0 Å². The summed E-state index contributed by atoms with van der Waals surface area (Å²) in [4.78, 5) is 70.4. The van der Waals surface area contributed by atoms with Crippen LogP contribution in [0.2, 0.25) is 0 Å². The summed E-state index contributed by atoms with van der Waals surface area (Å²) in [5.74, 6) is -6.06. The van der Waals surface area contributed by atoms with E-state index >= 15 is 0 Å². The fourth-order valence-electron chi connectivity index (χ4n) is 2.86. The third-order valence-corrected chi connectivity index (χ3v) is 4.86. The predicted molar refractivity (Wildman–Crippen MR) is 109 cm³/mol. The minimum atomic E-state index is -1.55. The zero-order valence-corrected chi connectivity index (χ0v) is 17.5. The quantitative estimate of drug-likeness (QED) is 0.130. The highest BCUT2D eigenvalue weighted by Crippen LogP contribution is 2.06. The van der Waals surface area contributed by atoms with Gasteiger partial charge in [-0.15, -0.1) is 0 Å². The van der Waals surface area contributed by atoms with E-state index in [1.54, 1.807) is 0 Å². The van der Waals surface area contributed by atoms with E-state index in [4.69, 9.17) is 15.9 Å². The van der Waals surface area contributed by atoms with Crippen molar-refractivity contribution in [3.63, 3.8) is 0 Å². The van der Waals surface area contributed by atoms with Crippen LogP contribution >= 0.6 is 12.6 Å². The smallest absolute Gasteiger partial charge is 0.326 e. The highest BCUT2D eigenvalue weighted by molar-refractivity contribution is 7.80. The maximum atomic E-state index is 12.5. The van der Waals surface area contributed by atoms with Crippen LogP contribution in [0.15, 0.2) is 0 Å². The lowest BCUT2D eigenvalue weighted by molar-refractivity contribution is -0.143. The highest BCUT2D eigenvalue weighted by atomic mass is 32.1. The Bertz CT molecular complexity index is 713. The molecule has 1 aliphatic heterocycles. The van der Waals surface area contributed by atoms with Gasteiger partial charge in [0, 0.05) is 12.2 Å². The Morgan fingerprint density at radius 2 is 1.61 bits per heavy atom. The monoisotopic (exact) mass is 461 g/mol. The molecule has 0 aromatic carbocycles. The first-order chi connectivity index (χ1) is 14.5. The first-order valence-electron chi connectivity index (χ1n) is 9.53. The molecule has 4 amide bonds. The van der Waals surface area contributed by atoms with Crippen molar-refractivity contribution in [1.29, 1.82) is 0 Å². The van der Waals surface area contributed by atoms with Gasteiger partial charge in [-0.25, -0.2) is 4.79 Å².